The van der Waals surface area contributed by atoms with Crippen LogP contribution < -0.4 is 33.6 Å². The van der Waals surface area contributed by atoms with Crippen molar-refractivity contribution in [2.45, 2.75) is 124 Å². The fourth-order valence-corrected chi connectivity index (χ4v) is 6.38. The molecule has 4 aliphatic rings. The molecule has 2 aliphatic heterocycles. The third kappa shape index (κ3) is 7.40. The third-order valence-electron chi connectivity index (χ3n) is 8.85. The average Bonchev–Trinajstić information content (AvgIpc) is 2.90. The molecule has 12 atom stereocenters. The summed E-state index contributed by atoms with van der Waals surface area (Å²) < 4.78 is 24.2. The van der Waals surface area contributed by atoms with Gasteiger partial charge in [-0.15, -0.1) is 0 Å². The van der Waals surface area contributed by atoms with Gasteiger partial charge in [0.25, 0.3) is 0 Å². The Kier molecular flexibility index (Phi) is 11.2. The standard InChI is InChI=1S/C26H51N7O9/c1-25(37)11-39-23(18(36)21(25)31-2)42-20-16(33-24(30)26(38)8-12(27)9-26)7-15(29)19(17(20)35)41-22-14(28)4-3-13(40-22)10-32-5-6-34/h12-23,31-32,34-38H,3-11,27-29H2,1-2H3,(H2,30,33)/t12?,13-,14+,15-,16+,17-,18+,19+,20-,21+,22+,23+,25-,26?/m0/s1. The molecule has 0 aromatic carbocycles. The van der Waals surface area contributed by atoms with Gasteiger partial charge in [0.15, 0.2) is 12.6 Å². The van der Waals surface area contributed by atoms with E-state index in [0.29, 0.717) is 25.9 Å². The first-order chi connectivity index (χ1) is 19.8. The van der Waals surface area contributed by atoms with Crippen LogP contribution in [0.25, 0.3) is 0 Å². The van der Waals surface area contributed by atoms with Crippen LogP contribution in [-0.2, 0) is 18.9 Å². The molecular formula is C26H51N7O9. The van der Waals surface area contributed by atoms with E-state index in [4.69, 9.17) is 47.0 Å². The monoisotopic (exact) mass is 605 g/mol. The van der Waals surface area contributed by atoms with Crippen LogP contribution in [0.2, 0.25) is 0 Å². The summed E-state index contributed by atoms with van der Waals surface area (Å²) in [7, 11) is 1.60. The van der Waals surface area contributed by atoms with Crippen molar-refractivity contribution in [3.63, 3.8) is 0 Å². The van der Waals surface area contributed by atoms with E-state index in [1.54, 1.807) is 7.05 Å². The second-order valence-electron chi connectivity index (χ2n) is 12.5. The summed E-state index contributed by atoms with van der Waals surface area (Å²) in [5.74, 6) is -0.0430. The van der Waals surface area contributed by atoms with Gasteiger partial charge in [0.2, 0.25) is 0 Å². The molecule has 2 saturated carbocycles. The van der Waals surface area contributed by atoms with Crippen LogP contribution >= 0.6 is 0 Å². The van der Waals surface area contributed by atoms with Gasteiger partial charge in [0.1, 0.15) is 41.5 Å². The van der Waals surface area contributed by atoms with E-state index in [2.05, 4.69) is 15.6 Å². The molecule has 244 valence electrons. The molecule has 16 nitrogen and oxygen atoms in total. The molecule has 0 radical (unpaired) electrons. The molecule has 16 heteroatoms. The maximum absolute atomic E-state index is 11.6. The van der Waals surface area contributed by atoms with Gasteiger partial charge >= 0.3 is 0 Å². The van der Waals surface area contributed by atoms with Crippen molar-refractivity contribution >= 4 is 5.84 Å². The number of rotatable bonds is 11. The number of nitrogens with one attached hydrogen (secondary N) is 2. The Morgan fingerprint density at radius 3 is 2.36 bits per heavy atom. The fraction of sp³-hybridized carbons (Fsp3) is 0.962. The van der Waals surface area contributed by atoms with E-state index in [0.717, 1.165) is 0 Å². The maximum Gasteiger partial charge on any atom is 0.185 e. The molecule has 0 unspecified atom stereocenters. The Hall–Kier alpha value is -1.09. The van der Waals surface area contributed by atoms with E-state index in [9.17, 15) is 20.4 Å². The maximum atomic E-state index is 11.6. The summed E-state index contributed by atoms with van der Waals surface area (Å²) in [5, 5.41) is 59.2. The highest BCUT2D eigenvalue weighted by Gasteiger charge is 2.52. The number of aliphatic hydroxyl groups is 5. The van der Waals surface area contributed by atoms with Gasteiger partial charge in [-0.2, -0.15) is 0 Å². The topological polar surface area (TPSA) is 279 Å². The minimum absolute atomic E-state index is 0.00105. The lowest BCUT2D eigenvalue weighted by Crippen LogP contribution is -2.68. The summed E-state index contributed by atoms with van der Waals surface area (Å²) >= 11 is 0. The van der Waals surface area contributed by atoms with Crippen LogP contribution in [0.15, 0.2) is 4.99 Å². The van der Waals surface area contributed by atoms with Crippen LogP contribution in [0, 0.1) is 0 Å². The molecular weight excluding hydrogens is 554 g/mol. The molecule has 0 amide bonds. The first kappa shape index (κ1) is 33.8. The van der Waals surface area contributed by atoms with Gasteiger partial charge < -0.3 is 78.0 Å². The molecule has 4 fully saturated rings. The molecule has 0 aromatic rings. The lowest BCUT2D eigenvalue weighted by Gasteiger charge is -2.48. The van der Waals surface area contributed by atoms with Crippen molar-refractivity contribution in [1.82, 2.24) is 10.6 Å². The fourth-order valence-electron chi connectivity index (χ4n) is 6.38. The number of ether oxygens (including phenoxy) is 4. The Bertz CT molecular complexity index is 911. The Balaban J connectivity index is 1.54. The molecule has 15 N–H and O–H groups in total. The molecule has 0 spiro atoms. The zero-order valence-corrected chi connectivity index (χ0v) is 24.4. The molecule has 0 aromatic heterocycles. The van der Waals surface area contributed by atoms with Gasteiger partial charge in [0, 0.05) is 25.2 Å². The van der Waals surface area contributed by atoms with Gasteiger partial charge in [-0.25, -0.2) is 0 Å². The van der Waals surface area contributed by atoms with E-state index < -0.39 is 72.4 Å². The highest BCUT2D eigenvalue weighted by molar-refractivity contribution is 5.90. The second kappa shape index (κ2) is 13.9. The Morgan fingerprint density at radius 2 is 1.71 bits per heavy atom. The molecule has 2 heterocycles. The van der Waals surface area contributed by atoms with Gasteiger partial charge in [-0.05, 0) is 46.1 Å². The van der Waals surface area contributed by atoms with Crippen LogP contribution in [0.5, 0.6) is 0 Å². The van der Waals surface area contributed by atoms with E-state index in [1.165, 1.54) is 6.92 Å². The lowest BCUT2D eigenvalue weighted by atomic mass is 9.75. The van der Waals surface area contributed by atoms with E-state index in [1.807, 2.05) is 0 Å². The minimum atomic E-state index is -1.39. The van der Waals surface area contributed by atoms with Crippen molar-refractivity contribution in [3.8, 4) is 0 Å². The van der Waals surface area contributed by atoms with Crippen molar-refractivity contribution < 1.29 is 44.5 Å². The van der Waals surface area contributed by atoms with Crippen LogP contribution in [0.4, 0.5) is 0 Å². The normalized spacial score (nSPS) is 48.6. The quantitative estimate of drug-likeness (QED) is 0.0597. The first-order valence-electron chi connectivity index (χ1n) is 14.8. The van der Waals surface area contributed by atoms with E-state index >= 15 is 0 Å². The number of likely N-dealkylation sites (N-methyl/N-ethyl adjacent to an activating group) is 1. The van der Waals surface area contributed by atoms with Gasteiger partial charge in [-0.3, -0.25) is 4.99 Å². The molecule has 0 bridgehead atoms. The predicted octanol–water partition coefficient (Wildman–Crippen LogP) is -5.10. The Labute approximate surface area is 246 Å². The average molecular weight is 606 g/mol. The number of aliphatic hydroxyl groups excluding tert-OH is 3. The number of nitrogens with zero attached hydrogens (tertiary/aromatic N) is 1. The molecule has 4 rings (SSSR count). The Morgan fingerprint density at radius 1 is 1.02 bits per heavy atom. The van der Waals surface area contributed by atoms with Crippen LogP contribution in [0.1, 0.15) is 39.0 Å². The predicted molar refractivity (Wildman–Crippen MR) is 151 cm³/mol. The highest BCUT2D eigenvalue weighted by atomic mass is 16.7. The van der Waals surface area contributed by atoms with Crippen LogP contribution in [0.3, 0.4) is 0 Å². The first-order valence-corrected chi connectivity index (χ1v) is 14.8. The number of amidine groups is 1. The summed E-state index contributed by atoms with van der Waals surface area (Å²) in [5.41, 5.74) is 22.2. The second-order valence-corrected chi connectivity index (χ2v) is 12.5. The van der Waals surface area contributed by atoms with Gasteiger partial charge in [-0.1, -0.05) is 0 Å². The highest BCUT2D eigenvalue weighted by Crippen LogP contribution is 2.35. The number of hydrogen-bond donors (Lipinski definition) is 11. The summed E-state index contributed by atoms with van der Waals surface area (Å²) in [6.07, 6.45) is -5.19. The summed E-state index contributed by atoms with van der Waals surface area (Å²) in [6.45, 7) is 2.30. The molecule has 42 heavy (non-hydrogen) atoms. The van der Waals surface area contributed by atoms with Crippen molar-refractivity contribution in [2.24, 2.45) is 27.9 Å². The number of hydrogen-bond acceptors (Lipinski definition) is 15. The minimum Gasteiger partial charge on any atom is -0.395 e. The van der Waals surface area contributed by atoms with Gasteiger partial charge in [0.05, 0.1) is 37.4 Å². The number of nitrogens with two attached hydrogens (primary N) is 4. The summed E-state index contributed by atoms with van der Waals surface area (Å²) in [4.78, 5) is 4.54. The van der Waals surface area contributed by atoms with Crippen molar-refractivity contribution in [1.29, 1.82) is 0 Å². The zero-order valence-electron chi connectivity index (χ0n) is 24.4. The largest absolute Gasteiger partial charge is 0.395 e. The van der Waals surface area contributed by atoms with E-state index in [-0.39, 0.29) is 50.5 Å². The smallest absolute Gasteiger partial charge is 0.185 e. The zero-order chi connectivity index (χ0) is 30.8. The van der Waals surface area contributed by atoms with Crippen molar-refractivity contribution in [3.05, 3.63) is 0 Å². The molecule has 2 saturated heterocycles. The SMILES string of the molecule is CN[C@@H]1[C@@H](O)[C@@H](O[C@@H]2[C@@H](O)[C@H](O[C@H]3O[C@H](CNCCO)CC[C@H]3N)[C@@H](N)C[C@H]2N=C(N)C2(O)CC(N)C2)OC[C@]1(C)O. The third-order valence-corrected chi connectivity index (χ3v) is 8.85. The lowest BCUT2D eigenvalue weighted by molar-refractivity contribution is -0.306. The van der Waals surface area contributed by atoms with Crippen molar-refractivity contribution in [2.75, 3.05) is 33.4 Å². The number of aliphatic imine (C=N–C) groups is 1. The molecule has 2 aliphatic carbocycles. The van der Waals surface area contributed by atoms with Crippen LogP contribution in [-0.4, -0.2) is 149 Å². The summed E-state index contributed by atoms with van der Waals surface area (Å²) in [6, 6.07) is -3.04.